The molecule has 7 heavy (non-hydrogen) atoms. The maximum atomic E-state index is 8.38. The van der Waals surface area contributed by atoms with Gasteiger partial charge in [-0.2, -0.15) is 0 Å². The zero-order valence-electron chi connectivity index (χ0n) is 3.87. The first-order valence-electron chi connectivity index (χ1n) is 1.81. The fraction of sp³-hybridized carbons (Fsp3) is 0.500. The molecule has 0 aromatic carbocycles. The van der Waals surface area contributed by atoms with Crippen molar-refractivity contribution in [1.29, 1.82) is 0 Å². The molecule has 1 rings (SSSR count). The number of hydrogen-bond acceptors (Lipinski definition) is 5. The summed E-state index contributed by atoms with van der Waals surface area (Å²) in [6.45, 7) is 0. The monoisotopic (exact) mass is 102 g/mol. The minimum Gasteiger partial charge on any atom is -0.279 e. The topological polar surface area (TPSA) is 51.1 Å². The van der Waals surface area contributed by atoms with Crippen LogP contribution in [0.15, 0.2) is 5.10 Å². The van der Waals surface area contributed by atoms with E-state index in [0.717, 1.165) is 0 Å². The van der Waals surface area contributed by atoms with E-state index >= 15 is 0 Å². The lowest BCUT2D eigenvalue weighted by molar-refractivity contribution is -0.153. The molecule has 1 heterocycles. The lowest BCUT2D eigenvalue weighted by atomic mass is 11.1. The fourth-order valence-electron chi connectivity index (χ4n) is 0.319. The van der Waals surface area contributed by atoms with Gasteiger partial charge in [-0.25, -0.2) is 0 Å². The molecule has 0 atom stereocenters. The van der Waals surface area contributed by atoms with Crippen LogP contribution in [-0.2, 0) is 0 Å². The minimum atomic E-state index is 0.625. The van der Waals surface area contributed by atoms with Crippen LogP contribution in [0, 0.1) is 0 Å². The quantitative estimate of drug-likeness (QED) is 0.411. The Kier molecular flexibility index (Phi) is 0.844. The molecule has 0 radical (unpaired) electrons. The number of nitrogens with one attached hydrogen (secondary N) is 1. The molecule has 5 heteroatoms. The molecule has 40 valence electrons. The van der Waals surface area contributed by atoms with Crippen LogP contribution in [0.4, 0.5) is 0 Å². The van der Waals surface area contributed by atoms with Crippen LogP contribution in [0.5, 0.6) is 0 Å². The summed E-state index contributed by atoms with van der Waals surface area (Å²) in [5, 5.41) is 13.9. The third-order valence-corrected chi connectivity index (χ3v) is 0.581. The van der Waals surface area contributed by atoms with Gasteiger partial charge in [-0.05, 0) is 0 Å². The summed E-state index contributed by atoms with van der Waals surface area (Å²) in [5.41, 5.74) is 2.42. The normalized spacial score (nSPS) is 19.1. The largest absolute Gasteiger partial charge is 0.279 e. The Labute approximate surface area is 40.7 Å². The molecule has 0 saturated heterocycles. The van der Waals surface area contributed by atoms with Gasteiger partial charge in [0.25, 0.3) is 0 Å². The average Bonchev–Trinajstić information content (AvgIpc) is 1.87. The molecule has 1 aliphatic rings. The minimum absolute atomic E-state index is 0.625. The predicted octanol–water partition coefficient (Wildman–Crippen LogP) is -1.01. The van der Waals surface area contributed by atoms with Crippen molar-refractivity contribution in [3.05, 3.63) is 0 Å². The van der Waals surface area contributed by atoms with Crippen LogP contribution >= 0.6 is 0 Å². The van der Waals surface area contributed by atoms with Crippen molar-refractivity contribution in [2.75, 3.05) is 7.05 Å². The maximum Gasteiger partial charge on any atom is 0.131 e. The Balaban J connectivity index is 2.42. The molecule has 5 nitrogen and oxygen atoms in total. The number of hydrogen-bond donors (Lipinski definition) is 2. The van der Waals surface area contributed by atoms with Crippen molar-refractivity contribution in [2.24, 2.45) is 5.10 Å². The lowest BCUT2D eigenvalue weighted by Crippen LogP contribution is -2.35. The first-order valence-corrected chi connectivity index (χ1v) is 1.81. The van der Waals surface area contributed by atoms with E-state index in [4.69, 9.17) is 5.21 Å². The highest BCUT2D eigenvalue weighted by Crippen LogP contribution is 1.83. The van der Waals surface area contributed by atoms with E-state index in [-0.39, 0.29) is 0 Å². The Hall–Kier alpha value is -0.810. The average molecular weight is 102 g/mol. The summed E-state index contributed by atoms with van der Waals surface area (Å²) in [4.78, 5) is 0. The van der Waals surface area contributed by atoms with Gasteiger partial charge in [0.2, 0.25) is 0 Å². The first-order chi connectivity index (χ1) is 3.29. The van der Waals surface area contributed by atoms with Gasteiger partial charge in [-0.3, -0.25) is 10.2 Å². The van der Waals surface area contributed by atoms with E-state index < -0.39 is 0 Å². The van der Waals surface area contributed by atoms with Gasteiger partial charge in [0.15, 0.2) is 0 Å². The summed E-state index contributed by atoms with van der Waals surface area (Å²) in [5.74, 6) is 0. The second-order valence-corrected chi connectivity index (χ2v) is 1.23. The SMILES string of the molecule is CN1C=NN(O)N1. The van der Waals surface area contributed by atoms with Crippen molar-refractivity contribution < 1.29 is 5.21 Å². The molecule has 0 aromatic rings. The molecule has 1 aliphatic heterocycles. The van der Waals surface area contributed by atoms with Gasteiger partial charge in [-0.1, -0.05) is 5.28 Å². The van der Waals surface area contributed by atoms with Crippen molar-refractivity contribution >= 4 is 6.34 Å². The van der Waals surface area contributed by atoms with Crippen molar-refractivity contribution in [2.45, 2.75) is 0 Å². The zero-order valence-corrected chi connectivity index (χ0v) is 3.87. The van der Waals surface area contributed by atoms with Crippen LogP contribution in [0.1, 0.15) is 0 Å². The molecule has 0 amide bonds. The molecule has 0 bridgehead atoms. The summed E-state index contributed by atoms with van der Waals surface area (Å²) < 4.78 is 0. The molecule has 0 saturated carbocycles. The molecule has 0 fully saturated rings. The van der Waals surface area contributed by atoms with Crippen molar-refractivity contribution in [3.63, 3.8) is 0 Å². The van der Waals surface area contributed by atoms with Gasteiger partial charge < -0.3 is 0 Å². The van der Waals surface area contributed by atoms with E-state index in [2.05, 4.69) is 10.6 Å². The zero-order chi connectivity index (χ0) is 5.28. The standard InChI is InChI=1S/C2H6N4O/c1-5-2-3-6(7)4-5/h2,4,7H,1H3. The van der Waals surface area contributed by atoms with Crippen LogP contribution in [0.25, 0.3) is 0 Å². The van der Waals surface area contributed by atoms with E-state index in [1.807, 2.05) is 0 Å². The maximum absolute atomic E-state index is 8.38. The molecule has 0 unspecified atom stereocenters. The van der Waals surface area contributed by atoms with Crippen LogP contribution in [0.3, 0.4) is 0 Å². The molecule has 0 aromatic heterocycles. The highest BCUT2D eigenvalue weighted by Gasteiger charge is 2.02. The second-order valence-electron chi connectivity index (χ2n) is 1.23. The third-order valence-electron chi connectivity index (χ3n) is 0.581. The van der Waals surface area contributed by atoms with E-state index in [1.54, 1.807) is 7.05 Å². The fourth-order valence-corrected chi connectivity index (χ4v) is 0.319. The van der Waals surface area contributed by atoms with Crippen LogP contribution in [-0.4, -0.2) is 28.9 Å². The predicted molar refractivity (Wildman–Crippen MR) is 23.0 cm³/mol. The van der Waals surface area contributed by atoms with Crippen molar-refractivity contribution in [1.82, 2.24) is 15.8 Å². The van der Waals surface area contributed by atoms with E-state index in [9.17, 15) is 0 Å². The molecular formula is C2H6N4O. The summed E-state index contributed by atoms with van der Waals surface area (Å²) in [6, 6.07) is 0. The number of hydrazone groups is 1. The van der Waals surface area contributed by atoms with Gasteiger partial charge in [-0.15, -0.1) is 10.6 Å². The molecule has 0 spiro atoms. The summed E-state index contributed by atoms with van der Waals surface area (Å²) in [6.07, 6.45) is 1.44. The Morgan fingerprint density at radius 3 is 2.71 bits per heavy atom. The number of rotatable bonds is 0. The van der Waals surface area contributed by atoms with Gasteiger partial charge in [0.05, 0.1) is 0 Å². The third kappa shape index (κ3) is 0.787. The molecule has 2 N–H and O–H groups in total. The smallest absolute Gasteiger partial charge is 0.131 e. The van der Waals surface area contributed by atoms with Gasteiger partial charge in [0.1, 0.15) is 6.34 Å². The number of hydrazine groups is 2. The highest BCUT2D eigenvalue weighted by atomic mass is 16.6. The Bertz CT molecular complexity index is 81.7. The van der Waals surface area contributed by atoms with Crippen molar-refractivity contribution in [3.8, 4) is 0 Å². The molecule has 0 aliphatic carbocycles. The first kappa shape index (κ1) is 4.35. The highest BCUT2D eigenvalue weighted by molar-refractivity contribution is 5.54. The number of nitrogens with zero attached hydrogens (tertiary/aromatic N) is 3. The second kappa shape index (κ2) is 1.36. The van der Waals surface area contributed by atoms with E-state index in [1.165, 1.54) is 11.3 Å². The van der Waals surface area contributed by atoms with Gasteiger partial charge in [0, 0.05) is 7.05 Å². The van der Waals surface area contributed by atoms with Gasteiger partial charge >= 0.3 is 0 Å². The summed E-state index contributed by atoms with van der Waals surface area (Å²) >= 11 is 0. The van der Waals surface area contributed by atoms with E-state index in [0.29, 0.717) is 5.28 Å². The van der Waals surface area contributed by atoms with Crippen LogP contribution in [0.2, 0.25) is 0 Å². The van der Waals surface area contributed by atoms with Crippen LogP contribution < -0.4 is 5.53 Å². The Morgan fingerprint density at radius 2 is 2.57 bits per heavy atom. The Morgan fingerprint density at radius 1 is 1.86 bits per heavy atom. The molecular weight excluding hydrogens is 96.0 g/mol. The lowest BCUT2D eigenvalue weighted by Gasteiger charge is -2.07. The summed E-state index contributed by atoms with van der Waals surface area (Å²) in [7, 11) is 1.72.